The fraction of sp³-hybridized carbons (Fsp3) is 0.143. The number of aryl methyl sites for hydroxylation is 1. The Morgan fingerprint density at radius 3 is 3.00 bits per heavy atom. The average molecular weight is 148 g/mol. The van der Waals surface area contributed by atoms with Crippen LogP contribution in [-0.2, 0) is 7.05 Å². The minimum Gasteiger partial charge on any atom is -0.334 e. The van der Waals surface area contributed by atoms with Gasteiger partial charge in [-0.25, -0.2) is 4.98 Å². The van der Waals surface area contributed by atoms with E-state index in [1.165, 1.54) is 0 Å². The molecule has 0 bridgehead atoms. The number of rotatable bonds is 1. The molecule has 2 heterocycles. The summed E-state index contributed by atoms with van der Waals surface area (Å²) >= 11 is 0. The predicted octanol–water partition coefficient (Wildman–Crippen LogP) is 0.810. The van der Waals surface area contributed by atoms with Crippen molar-refractivity contribution in [1.82, 2.24) is 19.7 Å². The molecule has 0 atom stereocenters. The first-order chi connectivity index (χ1) is 5.38. The minimum atomic E-state index is 0.929. The van der Waals surface area contributed by atoms with Crippen LogP contribution in [0.4, 0.5) is 0 Å². The molecule has 0 aliphatic rings. The first kappa shape index (κ1) is 6.15. The summed E-state index contributed by atoms with van der Waals surface area (Å²) in [6.07, 6.45) is 7.25. The van der Waals surface area contributed by atoms with E-state index in [4.69, 9.17) is 0 Å². The van der Waals surface area contributed by atoms with Crippen LogP contribution in [0.2, 0.25) is 0 Å². The predicted molar refractivity (Wildman–Crippen MR) is 40.8 cm³/mol. The van der Waals surface area contributed by atoms with Crippen molar-refractivity contribution in [2.24, 2.45) is 7.05 Å². The van der Waals surface area contributed by atoms with Gasteiger partial charge in [0.15, 0.2) is 0 Å². The average Bonchev–Trinajstić information content (AvgIpc) is 2.55. The summed E-state index contributed by atoms with van der Waals surface area (Å²) in [5, 5.41) is 6.58. The Balaban J connectivity index is 2.53. The summed E-state index contributed by atoms with van der Waals surface area (Å²) in [5.41, 5.74) is 1.01. The summed E-state index contributed by atoms with van der Waals surface area (Å²) in [4.78, 5) is 4.16. The molecule has 2 aromatic rings. The van der Waals surface area contributed by atoms with Gasteiger partial charge in [0.05, 0.1) is 11.8 Å². The van der Waals surface area contributed by atoms with Crippen LogP contribution in [0.25, 0.3) is 11.4 Å². The van der Waals surface area contributed by atoms with E-state index in [1.54, 1.807) is 12.4 Å². The molecule has 0 amide bonds. The summed E-state index contributed by atoms with van der Waals surface area (Å²) in [5.74, 6) is 0.929. The highest BCUT2D eigenvalue weighted by Gasteiger charge is 2.01. The molecule has 0 fully saturated rings. The van der Waals surface area contributed by atoms with E-state index in [0.29, 0.717) is 0 Å². The van der Waals surface area contributed by atoms with Gasteiger partial charge in [0.1, 0.15) is 5.82 Å². The van der Waals surface area contributed by atoms with E-state index in [2.05, 4.69) is 15.2 Å². The maximum absolute atomic E-state index is 4.16. The van der Waals surface area contributed by atoms with E-state index >= 15 is 0 Å². The van der Waals surface area contributed by atoms with Crippen LogP contribution < -0.4 is 0 Å². The molecule has 0 aliphatic carbocycles. The number of hydrogen-bond donors (Lipinski definition) is 1. The number of aromatic amines is 1. The molecule has 0 aliphatic heterocycles. The molecule has 0 aromatic carbocycles. The lowest BCUT2D eigenvalue weighted by Crippen LogP contribution is -1.88. The third-order valence-electron chi connectivity index (χ3n) is 1.58. The van der Waals surface area contributed by atoms with Gasteiger partial charge in [-0.05, 0) is 0 Å². The van der Waals surface area contributed by atoms with Crippen LogP contribution in [0.3, 0.4) is 0 Å². The number of hydrogen-bond acceptors (Lipinski definition) is 2. The Hall–Kier alpha value is -1.58. The second-order valence-electron chi connectivity index (χ2n) is 2.35. The molecular weight excluding hydrogens is 140 g/mol. The van der Waals surface area contributed by atoms with Crippen molar-refractivity contribution in [3.63, 3.8) is 0 Å². The topological polar surface area (TPSA) is 46.5 Å². The van der Waals surface area contributed by atoms with Crippen molar-refractivity contribution in [2.75, 3.05) is 0 Å². The van der Waals surface area contributed by atoms with Gasteiger partial charge in [0.2, 0.25) is 0 Å². The third-order valence-corrected chi connectivity index (χ3v) is 1.58. The van der Waals surface area contributed by atoms with E-state index in [1.807, 2.05) is 24.0 Å². The molecule has 0 spiro atoms. The van der Waals surface area contributed by atoms with Gasteiger partial charge in [0, 0.05) is 25.6 Å². The SMILES string of the molecule is Cn1ccnc1-c1cn[nH]c1. The summed E-state index contributed by atoms with van der Waals surface area (Å²) < 4.78 is 1.95. The molecule has 4 nitrogen and oxygen atoms in total. The van der Waals surface area contributed by atoms with E-state index in [9.17, 15) is 0 Å². The monoisotopic (exact) mass is 148 g/mol. The van der Waals surface area contributed by atoms with Gasteiger partial charge in [0.25, 0.3) is 0 Å². The number of imidazole rings is 1. The second-order valence-corrected chi connectivity index (χ2v) is 2.35. The number of H-pyrrole nitrogens is 1. The van der Waals surface area contributed by atoms with Crippen molar-refractivity contribution < 1.29 is 0 Å². The zero-order valence-electron chi connectivity index (χ0n) is 6.15. The lowest BCUT2D eigenvalue weighted by Gasteiger charge is -1.94. The zero-order chi connectivity index (χ0) is 7.68. The molecule has 4 heteroatoms. The summed E-state index contributed by atoms with van der Waals surface area (Å²) in [6, 6.07) is 0. The lowest BCUT2D eigenvalue weighted by molar-refractivity contribution is 0.925. The Bertz CT molecular complexity index is 333. The minimum absolute atomic E-state index is 0.929. The number of nitrogens with one attached hydrogen (secondary N) is 1. The van der Waals surface area contributed by atoms with Crippen LogP contribution in [0.15, 0.2) is 24.8 Å². The molecule has 11 heavy (non-hydrogen) atoms. The largest absolute Gasteiger partial charge is 0.334 e. The number of nitrogens with zero attached hydrogens (tertiary/aromatic N) is 3. The quantitative estimate of drug-likeness (QED) is 0.650. The van der Waals surface area contributed by atoms with E-state index in [0.717, 1.165) is 11.4 Å². The van der Waals surface area contributed by atoms with Crippen molar-refractivity contribution in [3.05, 3.63) is 24.8 Å². The summed E-state index contributed by atoms with van der Waals surface area (Å²) in [7, 11) is 1.95. The van der Waals surface area contributed by atoms with Gasteiger partial charge in [-0.3, -0.25) is 5.10 Å². The van der Waals surface area contributed by atoms with Crippen molar-refractivity contribution in [3.8, 4) is 11.4 Å². The van der Waals surface area contributed by atoms with E-state index in [-0.39, 0.29) is 0 Å². The molecule has 2 rings (SSSR count). The molecule has 0 unspecified atom stereocenters. The highest BCUT2D eigenvalue weighted by Crippen LogP contribution is 2.12. The molecular formula is C7H8N4. The van der Waals surface area contributed by atoms with Gasteiger partial charge in [-0.15, -0.1) is 0 Å². The summed E-state index contributed by atoms with van der Waals surface area (Å²) in [6.45, 7) is 0. The van der Waals surface area contributed by atoms with Crippen molar-refractivity contribution in [1.29, 1.82) is 0 Å². The molecule has 0 saturated heterocycles. The Kier molecular flexibility index (Phi) is 1.25. The van der Waals surface area contributed by atoms with Crippen LogP contribution in [0, 0.1) is 0 Å². The van der Waals surface area contributed by atoms with Crippen LogP contribution >= 0.6 is 0 Å². The Morgan fingerprint density at radius 1 is 1.55 bits per heavy atom. The maximum Gasteiger partial charge on any atom is 0.142 e. The Labute approximate surface area is 63.9 Å². The third kappa shape index (κ3) is 0.920. The highest BCUT2D eigenvalue weighted by atomic mass is 15.1. The number of aromatic nitrogens is 4. The first-order valence-electron chi connectivity index (χ1n) is 3.34. The first-order valence-corrected chi connectivity index (χ1v) is 3.34. The smallest absolute Gasteiger partial charge is 0.142 e. The fourth-order valence-corrected chi connectivity index (χ4v) is 1.02. The van der Waals surface area contributed by atoms with Crippen LogP contribution in [0.1, 0.15) is 0 Å². The van der Waals surface area contributed by atoms with Crippen LogP contribution in [-0.4, -0.2) is 19.7 Å². The van der Waals surface area contributed by atoms with Gasteiger partial charge in [-0.1, -0.05) is 0 Å². The molecule has 1 N–H and O–H groups in total. The Morgan fingerprint density at radius 2 is 2.45 bits per heavy atom. The molecule has 0 radical (unpaired) electrons. The fourth-order valence-electron chi connectivity index (χ4n) is 1.02. The van der Waals surface area contributed by atoms with Gasteiger partial charge in [-0.2, -0.15) is 5.10 Å². The molecule has 0 saturated carbocycles. The van der Waals surface area contributed by atoms with Crippen LogP contribution in [0.5, 0.6) is 0 Å². The highest BCUT2D eigenvalue weighted by molar-refractivity contribution is 5.52. The molecule has 56 valence electrons. The second kappa shape index (κ2) is 2.23. The molecule has 2 aromatic heterocycles. The van der Waals surface area contributed by atoms with Crippen molar-refractivity contribution >= 4 is 0 Å². The van der Waals surface area contributed by atoms with Crippen molar-refractivity contribution in [2.45, 2.75) is 0 Å². The lowest BCUT2D eigenvalue weighted by atomic mass is 10.3. The maximum atomic E-state index is 4.16. The van der Waals surface area contributed by atoms with Gasteiger partial charge >= 0.3 is 0 Å². The zero-order valence-corrected chi connectivity index (χ0v) is 6.15. The normalized spacial score (nSPS) is 10.3. The van der Waals surface area contributed by atoms with E-state index < -0.39 is 0 Å². The standard InChI is InChI=1S/C7H8N4/c1-11-3-2-8-7(11)6-4-9-10-5-6/h2-5H,1H3,(H,9,10). The van der Waals surface area contributed by atoms with Gasteiger partial charge < -0.3 is 4.57 Å².